The molecule has 1 N–H and O–H groups in total. The molecule has 1 aromatic carbocycles. The summed E-state index contributed by atoms with van der Waals surface area (Å²) >= 11 is 0. The molecule has 6 nitrogen and oxygen atoms in total. The molecule has 1 heterocycles. The van der Waals surface area contributed by atoms with Gasteiger partial charge in [0.2, 0.25) is 0 Å². The summed E-state index contributed by atoms with van der Waals surface area (Å²) < 4.78 is 10.0. The molecule has 0 amide bonds. The molecular weight excluding hydrogens is 298 g/mol. The van der Waals surface area contributed by atoms with Crippen molar-refractivity contribution in [3.05, 3.63) is 76.2 Å². The smallest absolute Gasteiger partial charge is 0.343 e. The summed E-state index contributed by atoms with van der Waals surface area (Å²) in [5, 5.41) is 0. The lowest BCUT2D eigenvalue weighted by Gasteiger charge is -2.08. The number of rotatable bonds is 5. The monoisotopic (exact) mass is 313 g/mol. The van der Waals surface area contributed by atoms with Gasteiger partial charge >= 0.3 is 11.9 Å². The van der Waals surface area contributed by atoms with E-state index < -0.39 is 17.5 Å². The molecule has 0 bridgehead atoms. The number of aromatic nitrogens is 1. The van der Waals surface area contributed by atoms with Crippen molar-refractivity contribution in [2.75, 3.05) is 6.61 Å². The van der Waals surface area contributed by atoms with E-state index in [1.165, 1.54) is 12.3 Å². The second-order valence-corrected chi connectivity index (χ2v) is 4.43. The first-order valence-corrected chi connectivity index (χ1v) is 6.95. The quantitative estimate of drug-likeness (QED) is 0.519. The fourth-order valence-corrected chi connectivity index (χ4v) is 1.80. The number of benzene rings is 1. The van der Waals surface area contributed by atoms with Gasteiger partial charge in [0.25, 0.3) is 5.56 Å². The van der Waals surface area contributed by atoms with E-state index in [1.54, 1.807) is 43.3 Å². The predicted octanol–water partition coefficient (Wildman–Crippen LogP) is 2.14. The van der Waals surface area contributed by atoms with Crippen LogP contribution in [0.4, 0.5) is 0 Å². The van der Waals surface area contributed by atoms with Gasteiger partial charge in [-0.1, -0.05) is 18.2 Å². The highest BCUT2D eigenvalue weighted by molar-refractivity contribution is 5.96. The lowest BCUT2D eigenvalue weighted by atomic mass is 10.2. The summed E-state index contributed by atoms with van der Waals surface area (Å²) in [4.78, 5) is 38.1. The third kappa shape index (κ3) is 4.41. The summed E-state index contributed by atoms with van der Waals surface area (Å²) in [7, 11) is 0. The van der Waals surface area contributed by atoms with Crippen molar-refractivity contribution in [3.8, 4) is 0 Å². The predicted molar refractivity (Wildman–Crippen MR) is 83.5 cm³/mol. The summed E-state index contributed by atoms with van der Waals surface area (Å²) in [6, 6.07) is 11.3. The van der Waals surface area contributed by atoms with Gasteiger partial charge in [0, 0.05) is 6.20 Å². The van der Waals surface area contributed by atoms with Crippen LogP contribution in [-0.4, -0.2) is 23.5 Å². The first kappa shape index (κ1) is 16.2. The molecule has 0 spiro atoms. The van der Waals surface area contributed by atoms with Gasteiger partial charge in [-0.25, -0.2) is 9.59 Å². The summed E-state index contributed by atoms with van der Waals surface area (Å²) in [5.41, 5.74) is -0.122. The minimum atomic E-state index is -0.702. The molecule has 0 fully saturated rings. The number of carbonyl (C=O) groups excluding carboxylic acids is 2. The second-order valence-electron chi connectivity index (χ2n) is 4.43. The third-order valence-corrected chi connectivity index (χ3v) is 2.83. The average Bonchev–Trinajstić information content (AvgIpc) is 2.55. The van der Waals surface area contributed by atoms with E-state index in [2.05, 4.69) is 4.98 Å². The SMILES string of the molecule is CCOC(=O)/C=C(\OC(=O)c1ccccc1)c1ccc[nH]c1=O. The zero-order chi connectivity index (χ0) is 16.7. The lowest BCUT2D eigenvalue weighted by molar-refractivity contribution is -0.137. The zero-order valence-electron chi connectivity index (χ0n) is 12.4. The third-order valence-electron chi connectivity index (χ3n) is 2.83. The van der Waals surface area contributed by atoms with Crippen LogP contribution in [0.25, 0.3) is 5.76 Å². The maximum Gasteiger partial charge on any atom is 0.343 e. The molecule has 23 heavy (non-hydrogen) atoms. The zero-order valence-corrected chi connectivity index (χ0v) is 12.4. The van der Waals surface area contributed by atoms with Gasteiger partial charge < -0.3 is 14.5 Å². The largest absolute Gasteiger partial charge is 0.463 e. The van der Waals surface area contributed by atoms with E-state index in [9.17, 15) is 14.4 Å². The Labute approximate surface area is 132 Å². The summed E-state index contributed by atoms with van der Waals surface area (Å²) in [6.45, 7) is 1.82. The molecule has 0 radical (unpaired) electrons. The first-order valence-electron chi connectivity index (χ1n) is 6.95. The molecule has 0 saturated carbocycles. The summed E-state index contributed by atoms with van der Waals surface area (Å²) in [5.74, 6) is -1.55. The van der Waals surface area contributed by atoms with E-state index in [-0.39, 0.29) is 17.9 Å². The minimum absolute atomic E-state index is 0.0600. The van der Waals surface area contributed by atoms with Gasteiger partial charge in [-0.2, -0.15) is 0 Å². The number of H-pyrrole nitrogens is 1. The molecule has 6 heteroatoms. The van der Waals surface area contributed by atoms with Gasteiger partial charge in [0.15, 0.2) is 5.76 Å². The molecule has 1 aromatic heterocycles. The average molecular weight is 313 g/mol. The van der Waals surface area contributed by atoms with Crippen LogP contribution in [0.3, 0.4) is 0 Å². The van der Waals surface area contributed by atoms with Gasteiger partial charge in [-0.15, -0.1) is 0 Å². The number of ether oxygens (including phenoxy) is 2. The van der Waals surface area contributed by atoms with Gasteiger partial charge in [0.1, 0.15) is 0 Å². The highest BCUT2D eigenvalue weighted by Gasteiger charge is 2.16. The Morgan fingerprint density at radius 1 is 1.13 bits per heavy atom. The minimum Gasteiger partial charge on any atom is -0.463 e. The number of aromatic amines is 1. The van der Waals surface area contributed by atoms with Crippen LogP contribution in [-0.2, 0) is 14.3 Å². The van der Waals surface area contributed by atoms with Gasteiger partial charge in [0.05, 0.1) is 23.8 Å². The fourth-order valence-electron chi connectivity index (χ4n) is 1.80. The number of pyridine rings is 1. The van der Waals surface area contributed by atoms with Crippen molar-refractivity contribution >= 4 is 17.7 Å². The van der Waals surface area contributed by atoms with Gasteiger partial charge in [-0.3, -0.25) is 4.79 Å². The Morgan fingerprint density at radius 2 is 1.87 bits per heavy atom. The molecule has 0 unspecified atom stereocenters. The summed E-state index contributed by atoms with van der Waals surface area (Å²) in [6.07, 6.45) is 2.42. The van der Waals surface area contributed by atoms with E-state index in [0.717, 1.165) is 6.08 Å². The molecule has 2 aromatic rings. The Bertz CT molecular complexity index is 777. The maximum atomic E-state index is 12.2. The van der Waals surface area contributed by atoms with Gasteiger partial charge in [-0.05, 0) is 31.2 Å². The molecule has 118 valence electrons. The second kappa shape index (κ2) is 7.74. The molecule has 0 aliphatic rings. The number of esters is 2. The number of nitrogens with one attached hydrogen (secondary N) is 1. The Balaban J connectivity index is 2.35. The van der Waals surface area contributed by atoms with E-state index >= 15 is 0 Å². The van der Waals surface area contributed by atoms with E-state index in [4.69, 9.17) is 9.47 Å². The fraction of sp³-hybridized carbons (Fsp3) is 0.118. The molecule has 2 rings (SSSR count). The Morgan fingerprint density at radius 3 is 2.52 bits per heavy atom. The standard InChI is InChI=1S/C17H15NO5/c1-2-22-15(19)11-14(13-9-6-10-18-16(13)20)23-17(21)12-7-4-3-5-8-12/h3-11H,2H2,1H3,(H,18,20)/b14-11-. The van der Waals surface area contributed by atoms with E-state index in [1.807, 2.05) is 0 Å². The van der Waals surface area contributed by atoms with Crippen LogP contribution < -0.4 is 5.56 Å². The highest BCUT2D eigenvalue weighted by Crippen LogP contribution is 2.15. The van der Waals surface area contributed by atoms with Crippen molar-refractivity contribution < 1.29 is 19.1 Å². The van der Waals surface area contributed by atoms with Crippen LogP contribution in [0.2, 0.25) is 0 Å². The first-order chi connectivity index (χ1) is 11.1. The number of carbonyl (C=O) groups is 2. The van der Waals surface area contributed by atoms with Crippen molar-refractivity contribution in [2.45, 2.75) is 6.92 Å². The number of hydrogen-bond acceptors (Lipinski definition) is 5. The molecule has 0 saturated heterocycles. The van der Waals surface area contributed by atoms with E-state index in [0.29, 0.717) is 5.56 Å². The van der Waals surface area contributed by atoms with Crippen LogP contribution in [0, 0.1) is 0 Å². The van der Waals surface area contributed by atoms with Crippen molar-refractivity contribution in [3.63, 3.8) is 0 Å². The molecule has 0 aliphatic heterocycles. The topological polar surface area (TPSA) is 85.5 Å². The van der Waals surface area contributed by atoms with Crippen LogP contribution >= 0.6 is 0 Å². The van der Waals surface area contributed by atoms with Crippen LogP contribution in [0.5, 0.6) is 0 Å². The van der Waals surface area contributed by atoms with Crippen LogP contribution in [0.15, 0.2) is 59.5 Å². The maximum absolute atomic E-state index is 12.2. The van der Waals surface area contributed by atoms with Crippen LogP contribution in [0.1, 0.15) is 22.8 Å². The van der Waals surface area contributed by atoms with Crippen molar-refractivity contribution in [1.82, 2.24) is 4.98 Å². The van der Waals surface area contributed by atoms with Crippen molar-refractivity contribution in [1.29, 1.82) is 0 Å². The molecule has 0 atom stereocenters. The Kier molecular flexibility index (Phi) is 5.46. The molecule has 0 aliphatic carbocycles. The Hall–Kier alpha value is -3.15. The number of hydrogen-bond donors (Lipinski definition) is 1. The lowest BCUT2D eigenvalue weighted by Crippen LogP contribution is -2.15. The molecular formula is C17H15NO5. The van der Waals surface area contributed by atoms with Crippen molar-refractivity contribution in [2.24, 2.45) is 0 Å². The highest BCUT2D eigenvalue weighted by atomic mass is 16.5. The normalized spacial score (nSPS) is 10.9.